The molecule has 0 radical (unpaired) electrons. The number of methoxy groups -OCH3 is 1. The van der Waals surface area contributed by atoms with Crippen LogP contribution in [0, 0.1) is 5.92 Å². The van der Waals surface area contributed by atoms with Crippen LogP contribution in [-0.2, 0) is 17.8 Å². The lowest BCUT2D eigenvalue weighted by atomic mass is 9.95. The van der Waals surface area contributed by atoms with Gasteiger partial charge in [-0.15, -0.1) is 0 Å². The van der Waals surface area contributed by atoms with Crippen LogP contribution in [0.25, 0.3) is 0 Å². The van der Waals surface area contributed by atoms with Crippen molar-refractivity contribution in [2.45, 2.75) is 32.5 Å². The van der Waals surface area contributed by atoms with Gasteiger partial charge in [-0.3, -0.25) is 9.88 Å². The fourth-order valence-corrected chi connectivity index (χ4v) is 2.56. The number of nitrogens with zero attached hydrogens (tertiary/aromatic N) is 2. The summed E-state index contributed by atoms with van der Waals surface area (Å²) in [6.07, 6.45) is 3.36. The highest BCUT2D eigenvalue weighted by Gasteiger charge is 2.26. The maximum absolute atomic E-state index is 5.75. The number of ether oxygens (including phenoxy) is 1. The third-order valence-corrected chi connectivity index (χ3v) is 3.85. The molecule has 2 atom stereocenters. The molecule has 1 aromatic rings. The molecular weight excluding hydrogens is 226 g/mol. The van der Waals surface area contributed by atoms with Gasteiger partial charge in [0.05, 0.1) is 11.8 Å². The Hall–Kier alpha value is -0.970. The second-order valence-corrected chi connectivity index (χ2v) is 5.09. The van der Waals surface area contributed by atoms with Crippen molar-refractivity contribution in [2.24, 2.45) is 11.7 Å². The summed E-state index contributed by atoms with van der Waals surface area (Å²) in [5, 5.41) is 0. The fraction of sp³-hybridized carbons (Fsp3) is 0.643. The monoisotopic (exact) mass is 249 g/mol. The van der Waals surface area contributed by atoms with Gasteiger partial charge in [-0.05, 0) is 30.5 Å². The predicted octanol–water partition coefficient (Wildman–Crippen LogP) is 1.40. The average Bonchev–Trinajstić information content (AvgIpc) is 2.41. The minimum absolute atomic E-state index is 0.337. The summed E-state index contributed by atoms with van der Waals surface area (Å²) in [7, 11) is 1.80. The van der Waals surface area contributed by atoms with Gasteiger partial charge in [-0.25, -0.2) is 0 Å². The van der Waals surface area contributed by atoms with Gasteiger partial charge in [0.25, 0.3) is 0 Å². The Morgan fingerprint density at radius 1 is 1.56 bits per heavy atom. The minimum Gasteiger partial charge on any atom is -0.380 e. The van der Waals surface area contributed by atoms with Crippen molar-refractivity contribution in [2.75, 3.05) is 20.2 Å². The number of nitrogens with two attached hydrogens (primary N) is 1. The summed E-state index contributed by atoms with van der Waals surface area (Å²) in [5.74, 6) is 0.643. The van der Waals surface area contributed by atoms with Gasteiger partial charge >= 0.3 is 0 Å². The van der Waals surface area contributed by atoms with Crippen molar-refractivity contribution in [3.05, 3.63) is 29.6 Å². The molecule has 2 heterocycles. The molecule has 0 aliphatic carbocycles. The molecule has 100 valence electrons. The molecule has 2 N–H and O–H groups in total. The normalized spacial score (nSPS) is 25.3. The van der Waals surface area contributed by atoms with Crippen LogP contribution in [0.2, 0.25) is 0 Å². The number of likely N-dealkylation sites (tertiary alicyclic amines) is 1. The van der Waals surface area contributed by atoms with Crippen molar-refractivity contribution in [3.63, 3.8) is 0 Å². The van der Waals surface area contributed by atoms with E-state index in [2.05, 4.69) is 22.9 Å². The lowest BCUT2D eigenvalue weighted by Gasteiger charge is -2.36. The molecule has 0 aromatic carbocycles. The first-order chi connectivity index (χ1) is 8.74. The maximum Gasteiger partial charge on any atom is 0.0724 e. The summed E-state index contributed by atoms with van der Waals surface area (Å²) in [4.78, 5) is 6.86. The summed E-state index contributed by atoms with van der Waals surface area (Å²) in [6.45, 7) is 5.79. The molecule has 2 unspecified atom stereocenters. The number of hydrogen-bond donors (Lipinski definition) is 1. The largest absolute Gasteiger partial charge is 0.380 e. The molecule has 0 spiro atoms. The SMILES string of the molecule is COC1CN(Cc2ncccc2CN)CCC1C. The standard InChI is InChI=1S/C14H23N3O/c1-11-5-7-17(10-14(11)18-2)9-13-12(8-15)4-3-6-16-13/h3-4,6,11,14H,5,7-10,15H2,1-2H3. The zero-order valence-electron chi connectivity index (χ0n) is 11.3. The molecule has 4 nitrogen and oxygen atoms in total. The van der Waals surface area contributed by atoms with E-state index in [1.54, 1.807) is 7.11 Å². The van der Waals surface area contributed by atoms with Crippen LogP contribution < -0.4 is 5.73 Å². The first-order valence-corrected chi connectivity index (χ1v) is 6.62. The molecule has 0 amide bonds. The lowest BCUT2D eigenvalue weighted by Crippen LogP contribution is -2.43. The summed E-state index contributed by atoms with van der Waals surface area (Å²) in [6, 6.07) is 4.00. The van der Waals surface area contributed by atoms with E-state index in [1.807, 2.05) is 12.3 Å². The highest BCUT2D eigenvalue weighted by atomic mass is 16.5. The number of piperidine rings is 1. The summed E-state index contributed by atoms with van der Waals surface area (Å²) >= 11 is 0. The van der Waals surface area contributed by atoms with E-state index in [0.29, 0.717) is 18.6 Å². The predicted molar refractivity (Wildman–Crippen MR) is 72.0 cm³/mol. The second-order valence-electron chi connectivity index (χ2n) is 5.09. The lowest BCUT2D eigenvalue weighted by molar-refractivity contribution is -0.00786. The van der Waals surface area contributed by atoms with Gasteiger partial charge in [-0.1, -0.05) is 13.0 Å². The van der Waals surface area contributed by atoms with Crippen molar-refractivity contribution < 1.29 is 4.74 Å². The van der Waals surface area contributed by atoms with E-state index < -0.39 is 0 Å². The molecule has 0 bridgehead atoms. The van der Waals surface area contributed by atoms with Crippen molar-refractivity contribution >= 4 is 0 Å². The number of rotatable bonds is 4. The van der Waals surface area contributed by atoms with E-state index in [0.717, 1.165) is 30.9 Å². The van der Waals surface area contributed by atoms with Crippen LogP contribution in [0.15, 0.2) is 18.3 Å². The molecule has 1 aliphatic heterocycles. The molecule has 18 heavy (non-hydrogen) atoms. The van der Waals surface area contributed by atoms with E-state index in [4.69, 9.17) is 10.5 Å². The molecule has 1 aliphatic rings. The van der Waals surface area contributed by atoms with E-state index >= 15 is 0 Å². The van der Waals surface area contributed by atoms with Crippen LogP contribution in [0.5, 0.6) is 0 Å². The Bertz CT molecular complexity index is 383. The van der Waals surface area contributed by atoms with Crippen LogP contribution in [0.1, 0.15) is 24.6 Å². The maximum atomic E-state index is 5.75. The zero-order valence-corrected chi connectivity index (χ0v) is 11.3. The molecule has 1 saturated heterocycles. The van der Waals surface area contributed by atoms with Crippen molar-refractivity contribution in [1.82, 2.24) is 9.88 Å². The Morgan fingerprint density at radius 2 is 2.39 bits per heavy atom. The quantitative estimate of drug-likeness (QED) is 0.876. The van der Waals surface area contributed by atoms with Crippen LogP contribution in [0.3, 0.4) is 0 Å². The van der Waals surface area contributed by atoms with Gasteiger partial charge in [0.15, 0.2) is 0 Å². The van der Waals surface area contributed by atoms with Gasteiger partial charge in [-0.2, -0.15) is 0 Å². The topological polar surface area (TPSA) is 51.4 Å². The number of pyridine rings is 1. The smallest absolute Gasteiger partial charge is 0.0724 e. The first-order valence-electron chi connectivity index (χ1n) is 6.62. The van der Waals surface area contributed by atoms with Gasteiger partial charge in [0, 0.05) is 32.9 Å². The number of aromatic nitrogens is 1. The van der Waals surface area contributed by atoms with Crippen molar-refractivity contribution in [1.29, 1.82) is 0 Å². The second kappa shape index (κ2) is 6.27. The summed E-state index contributed by atoms with van der Waals surface area (Å²) in [5.41, 5.74) is 7.99. The van der Waals surface area contributed by atoms with Crippen LogP contribution in [-0.4, -0.2) is 36.2 Å². The minimum atomic E-state index is 0.337. The fourth-order valence-electron chi connectivity index (χ4n) is 2.56. The van der Waals surface area contributed by atoms with E-state index in [-0.39, 0.29) is 0 Å². The molecule has 1 aromatic heterocycles. The third kappa shape index (κ3) is 3.07. The molecule has 2 rings (SSSR count). The highest BCUT2D eigenvalue weighted by molar-refractivity contribution is 5.19. The highest BCUT2D eigenvalue weighted by Crippen LogP contribution is 2.21. The Balaban J connectivity index is 2.01. The number of hydrogen-bond acceptors (Lipinski definition) is 4. The van der Waals surface area contributed by atoms with Gasteiger partial charge < -0.3 is 10.5 Å². The Labute approximate surface area is 109 Å². The van der Waals surface area contributed by atoms with Crippen LogP contribution >= 0.6 is 0 Å². The molecule has 4 heteroatoms. The Morgan fingerprint density at radius 3 is 3.11 bits per heavy atom. The molecule has 1 fully saturated rings. The van der Waals surface area contributed by atoms with Crippen LogP contribution in [0.4, 0.5) is 0 Å². The summed E-state index contributed by atoms with van der Waals surface area (Å²) < 4.78 is 5.54. The first kappa shape index (κ1) is 13.5. The molecule has 0 saturated carbocycles. The van der Waals surface area contributed by atoms with E-state index in [9.17, 15) is 0 Å². The Kier molecular flexibility index (Phi) is 4.69. The average molecular weight is 249 g/mol. The zero-order chi connectivity index (χ0) is 13.0. The molecular formula is C14H23N3O. The third-order valence-electron chi connectivity index (χ3n) is 3.85. The van der Waals surface area contributed by atoms with Crippen molar-refractivity contribution in [3.8, 4) is 0 Å². The van der Waals surface area contributed by atoms with E-state index in [1.165, 1.54) is 6.42 Å². The van der Waals surface area contributed by atoms with Gasteiger partial charge in [0.2, 0.25) is 0 Å². The van der Waals surface area contributed by atoms with Gasteiger partial charge in [0.1, 0.15) is 0 Å².